The first-order valence-electron chi connectivity index (χ1n) is 7.97. The van der Waals surface area contributed by atoms with E-state index in [4.69, 9.17) is 0 Å². The summed E-state index contributed by atoms with van der Waals surface area (Å²) in [6.07, 6.45) is 1.13. The zero-order valence-corrected chi connectivity index (χ0v) is 14.1. The maximum absolute atomic E-state index is 12.5. The largest absolute Gasteiger partial charge is 0.325 e. The lowest BCUT2D eigenvalue weighted by molar-refractivity contribution is -0.132. The minimum Gasteiger partial charge on any atom is -0.323 e. The highest BCUT2D eigenvalue weighted by Gasteiger charge is 2.51. The van der Waals surface area contributed by atoms with Gasteiger partial charge in [0.25, 0.3) is 12.3 Å². The van der Waals surface area contributed by atoms with Crippen molar-refractivity contribution >= 4 is 34.3 Å². The van der Waals surface area contributed by atoms with Crippen molar-refractivity contribution in [1.29, 1.82) is 0 Å². The number of carbonyl (C=O) groups is 3. The zero-order valence-electron chi connectivity index (χ0n) is 13.3. The predicted octanol–water partition coefficient (Wildman–Crippen LogP) is 2.06. The van der Waals surface area contributed by atoms with Crippen LogP contribution in [0.5, 0.6) is 0 Å². The topological polar surface area (TPSA) is 104 Å². The second-order valence-corrected chi connectivity index (χ2v) is 7.08. The van der Waals surface area contributed by atoms with Crippen molar-refractivity contribution in [2.24, 2.45) is 0 Å². The molecule has 11 heteroatoms. The summed E-state index contributed by atoms with van der Waals surface area (Å²) < 4.78 is 24.9. The van der Waals surface area contributed by atoms with Crippen molar-refractivity contribution in [3.63, 3.8) is 0 Å². The van der Waals surface area contributed by atoms with Crippen LogP contribution in [0.15, 0.2) is 0 Å². The van der Waals surface area contributed by atoms with Crippen LogP contribution in [0.3, 0.4) is 0 Å². The second-order valence-electron chi connectivity index (χ2n) is 6.07. The molecule has 0 bridgehead atoms. The van der Waals surface area contributed by atoms with E-state index in [9.17, 15) is 23.2 Å². The van der Waals surface area contributed by atoms with Gasteiger partial charge < -0.3 is 10.6 Å². The summed E-state index contributed by atoms with van der Waals surface area (Å²) in [5.74, 6) is -0.817. The van der Waals surface area contributed by atoms with E-state index in [0.717, 1.165) is 24.2 Å². The third-order valence-corrected chi connectivity index (χ3v) is 5.24. The number of hydrogen-bond donors (Lipinski definition) is 2. The number of anilines is 1. The van der Waals surface area contributed by atoms with Crippen molar-refractivity contribution in [2.75, 3.05) is 11.9 Å². The molecule has 1 aromatic rings. The van der Waals surface area contributed by atoms with E-state index < -0.39 is 28.9 Å². The van der Waals surface area contributed by atoms with Crippen molar-refractivity contribution in [3.8, 4) is 0 Å². The van der Waals surface area contributed by atoms with Crippen LogP contribution >= 0.6 is 11.3 Å². The molecule has 2 fully saturated rings. The standard InChI is InChI=1S/C14H17F2N5O3S/c15-9(16)10-19-20-12(25-10)17-8(22)4-7-21-11(23)14(18-13(21)24)5-2-1-3-6-14/h9H,1-7H2,(H,18,24)(H,17,20,22). The molecule has 2 aliphatic rings. The van der Waals surface area contributed by atoms with Gasteiger partial charge in [0.05, 0.1) is 0 Å². The third-order valence-electron chi connectivity index (χ3n) is 4.39. The maximum atomic E-state index is 12.5. The fraction of sp³-hybridized carbons (Fsp3) is 0.643. The van der Waals surface area contributed by atoms with Gasteiger partial charge in [-0.25, -0.2) is 13.6 Å². The molecule has 1 aliphatic carbocycles. The minimum atomic E-state index is -2.75. The number of hydrogen-bond acceptors (Lipinski definition) is 6. The van der Waals surface area contributed by atoms with Crippen LogP contribution in [0.4, 0.5) is 18.7 Å². The molecule has 0 aromatic carbocycles. The molecule has 1 aromatic heterocycles. The van der Waals surface area contributed by atoms with Crippen LogP contribution in [0.25, 0.3) is 0 Å². The summed E-state index contributed by atoms with van der Waals surface area (Å²) in [6.45, 7) is -0.0707. The Kier molecular flexibility index (Phi) is 4.93. The number of alkyl halides is 2. The van der Waals surface area contributed by atoms with Crippen LogP contribution in [0, 0.1) is 0 Å². The molecule has 0 atom stereocenters. The van der Waals surface area contributed by atoms with E-state index in [-0.39, 0.29) is 24.0 Å². The lowest BCUT2D eigenvalue weighted by atomic mass is 9.82. The summed E-state index contributed by atoms with van der Waals surface area (Å²) >= 11 is 0.582. The van der Waals surface area contributed by atoms with Crippen LogP contribution in [0.2, 0.25) is 0 Å². The van der Waals surface area contributed by atoms with Gasteiger partial charge in [0.1, 0.15) is 5.54 Å². The van der Waals surface area contributed by atoms with Gasteiger partial charge in [-0.3, -0.25) is 14.5 Å². The van der Waals surface area contributed by atoms with Crippen molar-refractivity contribution in [1.82, 2.24) is 20.4 Å². The predicted molar refractivity (Wildman–Crippen MR) is 84.2 cm³/mol. The fourth-order valence-electron chi connectivity index (χ4n) is 3.14. The van der Waals surface area contributed by atoms with E-state index in [2.05, 4.69) is 20.8 Å². The number of urea groups is 1. The highest BCUT2D eigenvalue weighted by atomic mass is 32.1. The smallest absolute Gasteiger partial charge is 0.323 e. The average Bonchev–Trinajstić information content (AvgIpc) is 3.11. The molecule has 2 heterocycles. The van der Waals surface area contributed by atoms with Crippen molar-refractivity contribution < 1.29 is 23.2 Å². The Morgan fingerprint density at radius 1 is 1.28 bits per heavy atom. The molecule has 8 nitrogen and oxygen atoms in total. The number of rotatable bonds is 5. The highest BCUT2D eigenvalue weighted by Crippen LogP contribution is 2.33. The lowest BCUT2D eigenvalue weighted by Crippen LogP contribution is -2.48. The van der Waals surface area contributed by atoms with Gasteiger partial charge in [0, 0.05) is 13.0 Å². The number of halogens is 2. The molecular formula is C14H17F2N5O3S. The minimum absolute atomic E-state index is 0.0405. The number of carbonyl (C=O) groups excluding carboxylic acids is 3. The molecule has 25 heavy (non-hydrogen) atoms. The van der Waals surface area contributed by atoms with Crippen molar-refractivity contribution in [2.45, 2.75) is 50.5 Å². The summed E-state index contributed by atoms with van der Waals surface area (Å²) in [4.78, 5) is 37.6. The summed E-state index contributed by atoms with van der Waals surface area (Å²) in [5.41, 5.74) is -0.822. The van der Waals surface area contributed by atoms with Crippen LogP contribution < -0.4 is 10.6 Å². The number of amides is 4. The zero-order chi connectivity index (χ0) is 18.0. The Morgan fingerprint density at radius 2 is 2.00 bits per heavy atom. The van der Waals surface area contributed by atoms with E-state index >= 15 is 0 Å². The molecule has 1 saturated carbocycles. The average molecular weight is 373 g/mol. The molecule has 3 rings (SSSR count). The number of nitrogens with zero attached hydrogens (tertiary/aromatic N) is 3. The molecule has 0 unspecified atom stereocenters. The monoisotopic (exact) mass is 373 g/mol. The van der Waals surface area contributed by atoms with Crippen LogP contribution in [-0.4, -0.2) is 45.0 Å². The molecule has 1 spiro atoms. The number of imide groups is 1. The Hall–Kier alpha value is -2.17. The van der Waals surface area contributed by atoms with Crippen LogP contribution in [0.1, 0.15) is 50.0 Å². The molecule has 1 saturated heterocycles. The number of nitrogens with one attached hydrogen (secondary N) is 2. The van der Waals surface area contributed by atoms with Gasteiger partial charge in [-0.05, 0) is 12.8 Å². The molecular weight excluding hydrogens is 356 g/mol. The Bertz CT molecular complexity index is 690. The molecule has 136 valence electrons. The van der Waals surface area contributed by atoms with E-state index in [1.807, 2.05) is 0 Å². The van der Waals surface area contributed by atoms with Gasteiger partial charge in [0.15, 0.2) is 5.01 Å². The van der Waals surface area contributed by atoms with E-state index in [1.165, 1.54) is 0 Å². The lowest BCUT2D eigenvalue weighted by Gasteiger charge is -2.30. The first kappa shape index (κ1) is 17.6. The summed E-state index contributed by atoms with van der Waals surface area (Å²) in [7, 11) is 0. The molecule has 1 aliphatic heterocycles. The van der Waals surface area contributed by atoms with E-state index in [0.29, 0.717) is 24.2 Å². The Morgan fingerprint density at radius 3 is 2.64 bits per heavy atom. The van der Waals surface area contributed by atoms with E-state index in [1.54, 1.807) is 0 Å². The SMILES string of the molecule is O=C(CCN1C(=O)NC2(CCCCC2)C1=O)Nc1nnc(C(F)F)s1. The fourth-order valence-corrected chi connectivity index (χ4v) is 3.76. The van der Waals surface area contributed by atoms with Gasteiger partial charge in [0.2, 0.25) is 11.0 Å². The first-order valence-corrected chi connectivity index (χ1v) is 8.78. The van der Waals surface area contributed by atoms with Crippen molar-refractivity contribution in [3.05, 3.63) is 5.01 Å². The van der Waals surface area contributed by atoms with Crippen LogP contribution in [-0.2, 0) is 9.59 Å². The maximum Gasteiger partial charge on any atom is 0.325 e. The summed E-state index contributed by atoms with van der Waals surface area (Å²) in [5, 5.41) is 11.3. The Labute approximate surface area is 146 Å². The normalized spacial score (nSPS) is 19.6. The molecule has 2 N–H and O–H groups in total. The molecule has 0 radical (unpaired) electrons. The second kappa shape index (κ2) is 6.98. The number of aromatic nitrogens is 2. The van der Waals surface area contributed by atoms with Gasteiger partial charge in [-0.15, -0.1) is 10.2 Å². The van der Waals surface area contributed by atoms with Gasteiger partial charge >= 0.3 is 6.03 Å². The quantitative estimate of drug-likeness (QED) is 0.769. The molecule has 4 amide bonds. The van der Waals surface area contributed by atoms with Gasteiger partial charge in [-0.1, -0.05) is 30.6 Å². The Balaban J connectivity index is 1.54. The van der Waals surface area contributed by atoms with Gasteiger partial charge in [-0.2, -0.15) is 0 Å². The third kappa shape index (κ3) is 3.60. The highest BCUT2D eigenvalue weighted by molar-refractivity contribution is 7.15. The summed E-state index contributed by atoms with van der Waals surface area (Å²) in [6, 6.07) is -0.490. The first-order chi connectivity index (χ1) is 11.9.